The Bertz CT molecular complexity index is 1280. The molecule has 7 nitrogen and oxygen atoms in total. The third kappa shape index (κ3) is 5.61. The minimum atomic E-state index is -4.57. The van der Waals surface area contributed by atoms with Crippen LogP contribution < -0.4 is 4.72 Å². The summed E-state index contributed by atoms with van der Waals surface area (Å²) in [4.78, 5) is 15.9. The van der Waals surface area contributed by atoms with Gasteiger partial charge >= 0.3 is 12.3 Å². The van der Waals surface area contributed by atoms with E-state index >= 15 is 0 Å². The second kappa shape index (κ2) is 9.79. The highest BCUT2D eigenvalue weighted by Gasteiger charge is 2.36. The largest absolute Gasteiger partial charge is 0.452 e. The number of ether oxygens (including phenoxy) is 1. The van der Waals surface area contributed by atoms with Crippen LogP contribution in [0.4, 0.5) is 18.0 Å². The molecule has 0 aliphatic carbocycles. The van der Waals surface area contributed by atoms with E-state index in [4.69, 9.17) is 0 Å². The van der Waals surface area contributed by atoms with Gasteiger partial charge in [0, 0.05) is 29.4 Å². The fraction of sp³-hybridized carbons (Fsp3) is 0.364. The Labute approximate surface area is 199 Å². The van der Waals surface area contributed by atoms with Crippen LogP contribution in [0.3, 0.4) is 0 Å². The second-order valence-corrected chi connectivity index (χ2v) is 11.1. The van der Waals surface area contributed by atoms with E-state index in [0.717, 1.165) is 39.7 Å². The molecule has 0 fully saturated rings. The van der Waals surface area contributed by atoms with Crippen molar-refractivity contribution in [2.24, 2.45) is 5.92 Å². The van der Waals surface area contributed by atoms with Crippen molar-refractivity contribution in [3.8, 4) is 11.1 Å². The molecule has 1 aromatic carbocycles. The molecule has 0 saturated heterocycles. The molecular weight excluding hydrogens is 491 g/mol. The van der Waals surface area contributed by atoms with E-state index in [1.807, 2.05) is 25.5 Å². The zero-order valence-electron chi connectivity index (χ0n) is 18.9. The molecule has 0 aliphatic heterocycles. The molecule has 2 aromatic heterocycles. The topological polar surface area (TPSA) is 90.3 Å². The number of thiophene rings is 1. The number of hydrogen-bond acceptors (Lipinski definition) is 6. The van der Waals surface area contributed by atoms with Crippen LogP contribution in [0.5, 0.6) is 0 Å². The van der Waals surface area contributed by atoms with Gasteiger partial charge in [0.15, 0.2) is 0 Å². The Hall–Kier alpha value is -2.86. The fourth-order valence-electron chi connectivity index (χ4n) is 3.49. The highest BCUT2D eigenvalue weighted by molar-refractivity contribution is 7.92. The van der Waals surface area contributed by atoms with Gasteiger partial charge < -0.3 is 9.30 Å². The van der Waals surface area contributed by atoms with Gasteiger partial charge in [-0.3, -0.25) is 0 Å². The summed E-state index contributed by atoms with van der Waals surface area (Å²) in [6.07, 6.45) is -2.68. The summed E-state index contributed by atoms with van der Waals surface area (Å²) in [5.74, 6) is -0.722. The molecule has 0 unspecified atom stereocenters. The van der Waals surface area contributed by atoms with Gasteiger partial charge in [-0.25, -0.2) is 22.9 Å². The molecule has 0 spiro atoms. The van der Waals surface area contributed by atoms with Crippen LogP contribution in [0.2, 0.25) is 0 Å². The predicted molar refractivity (Wildman–Crippen MR) is 122 cm³/mol. The first-order valence-electron chi connectivity index (χ1n) is 10.2. The van der Waals surface area contributed by atoms with Crippen LogP contribution in [0.15, 0.2) is 40.9 Å². The number of methoxy groups -OCH3 is 1. The summed E-state index contributed by atoms with van der Waals surface area (Å²) in [6, 6.07) is 6.59. The van der Waals surface area contributed by atoms with Gasteiger partial charge in [0.2, 0.25) is 5.82 Å². The number of halogens is 3. The number of imidazole rings is 1. The lowest BCUT2D eigenvalue weighted by molar-refractivity contribution is -0.147. The lowest BCUT2D eigenvalue weighted by Crippen LogP contribution is -2.30. The van der Waals surface area contributed by atoms with Crippen LogP contribution in [0.1, 0.15) is 35.7 Å². The summed E-state index contributed by atoms with van der Waals surface area (Å²) in [7, 11) is -3.14. The van der Waals surface area contributed by atoms with E-state index in [1.165, 1.54) is 6.20 Å². The predicted octanol–water partition coefficient (Wildman–Crippen LogP) is 5.23. The molecular formula is C22H24F3N3O4S2. The Balaban J connectivity index is 2.01. The molecule has 0 bridgehead atoms. The van der Waals surface area contributed by atoms with Gasteiger partial charge in [-0.2, -0.15) is 13.2 Å². The number of rotatable bonds is 7. The van der Waals surface area contributed by atoms with Crippen molar-refractivity contribution in [1.82, 2.24) is 14.3 Å². The maximum atomic E-state index is 13.1. The molecule has 0 atom stereocenters. The Morgan fingerprint density at radius 3 is 2.44 bits per heavy atom. The minimum absolute atomic E-state index is 0.0206. The van der Waals surface area contributed by atoms with Crippen molar-refractivity contribution < 1.29 is 31.1 Å². The summed E-state index contributed by atoms with van der Waals surface area (Å²) in [5, 5.41) is 0. The zero-order chi connectivity index (χ0) is 25.3. The van der Waals surface area contributed by atoms with E-state index in [0.29, 0.717) is 23.1 Å². The van der Waals surface area contributed by atoms with Crippen molar-refractivity contribution in [2.45, 2.75) is 44.1 Å². The number of nitrogens with zero attached hydrogens (tertiary/aromatic N) is 2. The second-order valence-electron chi connectivity index (χ2n) is 8.08. The summed E-state index contributed by atoms with van der Waals surface area (Å²) >= 11 is 1.09. The molecule has 0 aliphatic rings. The number of hydrogen-bond donors (Lipinski definition) is 1. The molecule has 1 amide bonds. The smallest absolute Gasteiger partial charge is 0.449 e. The van der Waals surface area contributed by atoms with Gasteiger partial charge in [0.25, 0.3) is 10.0 Å². The highest BCUT2D eigenvalue weighted by atomic mass is 32.2. The van der Waals surface area contributed by atoms with Gasteiger partial charge in [-0.05, 0) is 36.0 Å². The van der Waals surface area contributed by atoms with Crippen LogP contribution in [0.25, 0.3) is 11.1 Å². The third-order valence-corrected chi connectivity index (χ3v) is 8.16. The SMILES string of the molecule is COC(=O)NS(=O)(=O)c1sc(CC(C)C)c(C)c1-c1ccc(Cn2ccnc2C(F)(F)F)cc1. The number of nitrogens with one attached hydrogen (secondary N) is 1. The molecule has 0 saturated carbocycles. The van der Waals surface area contributed by atoms with E-state index in [1.54, 1.807) is 24.3 Å². The van der Waals surface area contributed by atoms with Gasteiger partial charge in [-0.1, -0.05) is 38.1 Å². The van der Waals surface area contributed by atoms with Gasteiger partial charge in [0.1, 0.15) is 4.21 Å². The third-order valence-electron chi connectivity index (χ3n) is 5.02. The Kier molecular flexibility index (Phi) is 7.41. The average molecular weight is 516 g/mol. The highest BCUT2D eigenvalue weighted by Crippen LogP contribution is 2.40. The number of benzene rings is 1. The summed E-state index contributed by atoms with van der Waals surface area (Å²) in [5.41, 5.74) is 2.37. The molecule has 34 heavy (non-hydrogen) atoms. The van der Waals surface area contributed by atoms with E-state index < -0.39 is 28.1 Å². The molecule has 184 valence electrons. The maximum absolute atomic E-state index is 13.1. The monoisotopic (exact) mass is 515 g/mol. The minimum Gasteiger partial charge on any atom is -0.452 e. The first kappa shape index (κ1) is 25.8. The van der Waals surface area contributed by atoms with E-state index in [9.17, 15) is 26.4 Å². The Morgan fingerprint density at radius 1 is 1.24 bits per heavy atom. The molecule has 1 N–H and O–H groups in total. The zero-order valence-corrected chi connectivity index (χ0v) is 20.6. The summed E-state index contributed by atoms with van der Waals surface area (Å²) in [6.45, 7) is 5.79. The normalized spacial score (nSPS) is 12.2. The lowest BCUT2D eigenvalue weighted by Gasteiger charge is -2.12. The van der Waals surface area contributed by atoms with Crippen LogP contribution in [-0.2, 0) is 33.9 Å². The van der Waals surface area contributed by atoms with Crippen molar-refractivity contribution in [3.05, 3.63) is 58.5 Å². The van der Waals surface area contributed by atoms with Gasteiger partial charge in [-0.15, -0.1) is 11.3 Å². The first-order valence-corrected chi connectivity index (χ1v) is 12.5. The molecule has 3 aromatic rings. The quantitative estimate of drug-likeness (QED) is 0.465. The lowest BCUT2D eigenvalue weighted by atomic mass is 9.99. The number of aromatic nitrogens is 2. The standard InChI is InChI=1S/C22H24F3N3O4S2/c1-13(2)11-17-14(3)18(19(33-17)34(30,31)27-21(29)32-4)16-7-5-15(6-8-16)12-28-10-9-26-20(28)22(23,24)25/h5-10,13H,11-12H2,1-4H3,(H,27,29). The number of carbonyl (C=O) groups excluding carboxylic acids is 1. The van der Waals surface area contributed by atoms with Crippen molar-refractivity contribution in [2.75, 3.05) is 7.11 Å². The number of carbonyl (C=O) groups is 1. The molecule has 3 rings (SSSR count). The molecule has 12 heteroatoms. The summed E-state index contributed by atoms with van der Waals surface area (Å²) < 4.78 is 72.5. The van der Waals surface area contributed by atoms with Crippen molar-refractivity contribution in [3.63, 3.8) is 0 Å². The van der Waals surface area contributed by atoms with Crippen molar-refractivity contribution in [1.29, 1.82) is 0 Å². The number of amides is 1. The molecule has 0 radical (unpaired) electrons. The average Bonchev–Trinajstić information content (AvgIpc) is 3.33. The first-order chi connectivity index (χ1) is 15.8. The van der Waals surface area contributed by atoms with Crippen LogP contribution in [-0.4, -0.2) is 31.2 Å². The van der Waals surface area contributed by atoms with Gasteiger partial charge in [0.05, 0.1) is 7.11 Å². The number of alkyl halides is 3. The Morgan fingerprint density at radius 2 is 1.88 bits per heavy atom. The van der Waals surface area contributed by atoms with E-state index in [2.05, 4.69) is 9.72 Å². The number of sulfonamides is 1. The van der Waals surface area contributed by atoms with E-state index in [-0.39, 0.29) is 16.7 Å². The maximum Gasteiger partial charge on any atom is 0.449 e. The fourth-order valence-corrected chi connectivity index (χ4v) is 6.55. The molecule has 2 heterocycles. The van der Waals surface area contributed by atoms with Crippen LogP contribution in [0, 0.1) is 12.8 Å². The van der Waals surface area contributed by atoms with Crippen molar-refractivity contribution >= 4 is 27.5 Å². The van der Waals surface area contributed by atoms with Crippen LogP contribution >= 0.6 is 11.3 Å².